The number of rotatable bonds is 4. The highest BCUT2D eigenvalue weighted by Gasteiger charge is 2.56. The van der Waals surface area contributed by atoms with Crippen LogP contribution in [0.25, 0.3) is 0 Å². The largest absolute Gasteiger partial charge is 0.459 e. The summed E-state index contributed by atoms with van der Waals surface area (Å²) in [7, 11) is 0. The van der Waals surface area contributed by atoms with Gasteiger partial charge in [0.2, 0.25) is 0 Å². The van der Waals surface area contributed by atoms with Crippen LogP contribution in [0.4, 0.5) is 0 Å². The standard InChI is InChI=1S/C24H28O4/c1-4-22(25)27-16-7-9-17-15(14-16)6-8-19-18(17)12-13-24(3)20(19)10-11-21(24)28-23(26)5-2/h4-5,7,9,14,18-21H,1-2,6,8,10-13H2,3H3. The number of aryl methyl sites for hydroxylation is 1. The van der Waals surface area contributed by atoms with Crippen LogP contribution in [0.15, 0.2) is 43.5 Å². The summed E-state index contributed by atoms with van der Waals surface area (Å²) in [5, 5.41) is 0. The summed E-state index contributed by atoms with van der Waals surface area (Å²) in [6.45, 7) is 9.31. The van der Waals surface area contributed by atoms with E-state index in [1.165, 1.54) is 23.3 Å². The monoisotopic (exact) mass is 380 g/mol. The number of ether oxygens (including phenoxy) is 2. The van der Waals surface area contributed by atoms with Crippen LogP contribution < -0.4 is 4.74 Å². The first-order chi connectivity index (χ1) is 13.5. The summed E-state index contributed by atoms with van der Waals surface area (Å²) in [4.78, 5) is 23.3. The van der Waals surface area contributed by atoms with Gasteiger partial charge in [-0.25, -0.2) is 9.59 Å². The highest BCUT2D eigenvalue weighted by atomic mass is 16.5. The van der Waals surface area contributed by atoms with E-state index in [9.17, 15) is 9.59 Å². The van der Waals surface area contributed by atoms with Gasteiger partial charge in [-0.3, -0.25) is 0 Å². The number of esters is 2. The van der Waals surface area contributed by atoms with Crippen molar-refractivity contribution in [2.75, 3.05) is 0 Å². The van der Waals surface area contributed by atoms with Crippen LogP contribution >= 0.6 is 0 Å². The lowest BCUT2D eigenvalue weighted by Gasteiger charge is -2.50. The number of hydrogen-bond donors (Lipinski definition) is 0. The maximum atomic E-state index is 11.8. The van der Waals surface area contributed by atoms with Crippen molar-refractivity contribution in [3.8, 4) is 5.75 Å². The molecule has 1 aromatic rings. The van der Waals surface area contributed by atoms with Crippen molar-refractivity contribution in [2.24, 2.45) is 17.3 Å². The predicted molar refractivity (Wildman–Crippen MR) is 107 cm³/mol. The zero-order valence-corrected chi connectivity index (χ0v) is 16.5. The second kappa shape index (κ2) is 7.23. The zero-order valence-electron chi connectivity index (χ0n) is 16.5. The number of hydrogen-bond acceptors (Lipinski definition) is 4. The molecule has 3 aliphatic rings. The van der Waals surface area contributed by atoms with Gasteiger partial charge in [-0.05, 0) is 79.5 Å². The number of fused-ring (bicyclic) bond motifs is 5. The molecule has 0 aromatic heterocycles. The van der Waals surface area contributed by atoms with E-state index in [0.29, 0.717) is 23.5 Å². The van der Waals surface area contributed by atoms with Crippen LogP contribution in [0.1, 0.15) is 56.1 Å². The van der Waals surface area contributed by atoms with Crippen LogP contribution in [-0.2, 0) is 20.7 Å². The Morgan fingerprint density at radius 1 is 1.11 bits per heavy atom. The maximum Gasteiger partial charge on any atom is 0.335 e. The molecule has 4 heteroatoms. The molecule has 0 aliphatic heterocycles. The quantitative estimate of drug-likeness (QED) is 0.430. The molecule has 28 heavy (non-hydrogen) atoms. The second-order valence-corrected chi connectivity index (χ2v) is 8.65. The van der Waals surface area contributed by atoms with E-state index < -0.39 is 5.97 Å². The third kappa shape index (κ3) is 3.09. The van der Waals surface area contributed by atoms with Gasteiger partial charge in [0.25, 0.3) is 0 Å². The van der Waals surface area contributed by atoms with E-state index in [-0.39, 0.29) is 17.5 Å². The molecule has 2 fully saturated rings. The fourth-order valence-corrected chi connectivity index (χ4v) is 6.11. The van der Waals surface area contributed by atoms with Gasteiger partial charge in [-0.2, -0.15) is 0 Å². The lowest BCUT2D eigenvalue weighted by molar-refractivity contribution is -0.151. The van der Waals surface area contributed by atoms with Gasteiger partial charge in [-0.1, -0.05) is 26.1 Å². The van der Waals surface area contributed by atoms with E-state index in [4.69, 9.17) is 9.47 Å². The Morgan fingerprint density at radius 3 is 2.64 bits per heavy atom. The fourth-order valence-electron chi connectivity index (χ4n) is 6.11. The van der Waals surface area contributed by atoms with Crippen LogP contribution in [-0.4, -0.2) is 18.0 Å². The third-order valence-electron chi connectivity index (χ3n) is 7.42. The smallest absolute Gasteiger partial charge is 0.335 e. The molecule has 0 spiro atoms. The molecule has 0 heterocycles. The van der Waals surface area contributed by atoms with E-state index in [1.54, 1.807) is 0 Å². The molecule has 0 amide bonds. The Labute approximate surface area is 166 Å². The Bertz CT molecular complexity index is 826. The predicted octanol–water partition coefficient (Wildman–Crippen LogP) is 4.73. The number of carbonyl (C=O) groups is 2. The molecular formula is C24H28O4. The molecule has 2 saturated carbocycles. The summed E-state index contributed by atoms with van der Waals surface area (Å²) in [5.74, 6) is 1.62. The first kappa shape index (κ1) is 19.0. The van der Waals surface area contributed by atoms with Crippen LogP contribution in [0, 0.1) is 17.3 Å². The molecule has 148 valence electrons. The lowest BCUT2D eigenvalue weighted by atomic mass is 9.55. The molecule has 0 bridgehead atoms. The van der Waals surface area contributed by atoms with E-state index in [1.807, 2.05) is 12.1 Å². The molecule has 5 unspecified atom stereocenters. The highest BCUT2D eigenvalue weighted by molar-refractivity contribution is 5.83. The van der Waals surface area contributed by atoms with Gasteiger partial charge >= 0.3 is 11.9 Å². The van der Waals surface area contributed by atoms with Crippen molar-refractivity contribution in [1.82, 2.24) is 0 Å². The summed E-state index contributed by atoms with van der Waals surface area (Å²) in [6.07, 6.45) is 8.86. The van der Waals surface area contributed by atoms with E-state index in [0.717, 1.165) is 38.5 Å². The molecule has 0 N–H and O–H groups in total. The molecule has 0 radical (unpaired) electrons. The topological polar surface area (TPSA) is 52.6 Å². The average molecular weight is 380 g/mol. The molecule has 4 rings (SSSR count). The van der Waals surface area contributed by atoms with E-state index >= 15 is 0 Å². The minimum absolute atomic E-state index is 0.00559. The van der Waals surface area contributed by atoms with Crippen molar-refractivity contribution >= 4 is 11.9 Å². The lowest BCUT2D eigenvalue weighted by Crippen LogP contribution is -2.45. The molecular weight excluding hydrogens is 352 g/mol. The average Bonchev–Trinajstić information content (AvgIpc) is 3.03. The summed E-state index contributed by atoms with van der Waals surface area (Å²) in [5.41, 5.74) is 2.77. The van der Waals surface area contributed by atoms with Crippen LogP contribution in [0.3, 0.4) is 0 Å². The third-order valence-corrected chi connectivity index (χ3v) is 7.42. The van der Waals surface area contributed by atoms with Gasteiger partial charge < -0.3 is 9.47 Å². The van der Waals surface area contributed by atoms with Gasteiger partial charge in [0, 0.05) is 17.6 Å². The normalized spacial score (nSPS) is 33.0. The van der Waals surface area contributed by atoms with Crippen molar-refractivity contribution in [3.63, 3.8) is 0 Å². The summed E-state index contributed by atoms with van der Waals surface area (Å²) in [6, 6.07) is 6.06. The molecule has 3 aliphatic carbocycles. The van der Waals surface area contributed by atoms with Crippen LogP contribution in [0.5, 0.6) is 5.75 Å². The Kier molecular flexibility index (Phi) is 4.90. The summed E-state index contributed by atoms with van der Waals surface area (Å²) >= 11 is 0. The molecule has 1 aromatic carbocycles. The zero-order chi connectivity index (χ0) is 19.9. The molecule has 5 atom stereocenters. The van der Waals surface area contributed by atoms with Crippen LogP contribution in [0.2, 0.25) is 0 Å². The van der Waals surface area contributed by atoms with Gasteiger partial charge in [-0.15, -0.1) is 0 Å². The van der Waals surface area contributed by atoms with Gasteiger partial charge in [0.15, 0.2) is 0 Å². The Hall–Kier alpha value is -2.36. The van der Waals surface area contributed by atoms with Crippen molar-refractivity contribution in [2.45, 2.75) is 57.5 Å². The second-order valence-electron chi connectivity index (χ2n) is 8.65. The minimum Gasteiger partial charge on any atom is -0.459 e. The Morgan fingerprint density at radius 2 is 1.89 bits per heavy atom. The fraction of sp³-hybridized carbons (Fsp3) is 0.500. The first-order valence-corrected chi connectivity index (χ1v) is 10.3. The van der Waals surface area contributed by atoms with Crippen molar-refractivity contribution < 1.29 is 19.1 Å². The van der Waals surface area contributed by atoms with E-state index in [2.05, 4.69) is 26.1 Å². The molecule has 4 nitrogen and oxygen atoms in total. The SMILES string of the molecule is C=CC(=O)Oc1ccc2c(c1)CCC1C2CCC2(C)C(OC(=O)C=C)CCC12. The minimum atomic E-state index is -0.423. The highest BCUT2D eigenvalue weighted by Crippen LogP contribution is 2.61. The van der Waals surface area contributed by atoms with Gasteiger partial charge in [0.05, 0.1) is 0 Å². The number of carbonyl (C=O) groups excluding carboxylic acids is 2. The molecule has 0 saturated heterocycles. The first-order valence-electron chi connectivity index (χ1n) is 10.3. The van der Waals surface area contributed by atoms with Gasteiger partial charge in [0.1, 0.15) is 11.9 Å². The van der Waals surface area contributed by atoms with Crippen molar-refractivity contribution in [1.29, 1.82) is 0 Å². The Balaban J connectivity index is 1.55. The number of benzene rings is 1. The maximum absolute atomic E-state index is 11.8. The summed E-state index contributed by atoms with van der Waals surface area (Å²) < 4.78 is 11.0. The van der Waals surface area contributed by atoms with Crippen molar-refractivity contribution in [3.05, 3.63) is 54.6 Å².